The van der Waals surface area contributed by atoms with Crippen LogP contribution in [0.15, 0.2) is 158 Å². The minimum atomic E-state index is 0.625. The number of hydrogen-bond acceptors (Lipinski definition) is 5. The molecule has 9 aromatic rings. The van der Waals surface area contributed by atoms with Crippen LogP contribution >= 0.6 is 11.3 Å². The van der Waals surface area contributed by atoms with E-state index in [4.69, 9.17) is 19.9 Å². The molecule has 5 nitrogen and oxygen atoms in total. The van der Waals surface area contributed by atoms with Gasteiger partial charge in [-0.25, -0.2) is 19.9 Å². The Kier molecular flexibility index (Phi) is 7.40. The van der Waals surface area contributed by atoms with E-state index in [1.165, 1.54) is 33.3 Å². The van der Waals surface area contributed by atoms with Crippen LogP contribution < -0.4 is 0 Å². The van der Waals surface area contributed by atoms with Gasteiger partial charge in [0.15, 0.2) is 17.5 Å². The van der Waals surface area contributed by atoms with Crippen LogP contribution in [0.5, 0.6) is 0 Å². The Hall–Kier alpha value is -6.50. The van der Waals surface area contributed by atoms with Gasteiger partial charge in [0.1, 0.15) is 5.01 Å². The van der Waals surface area contributed by atoms with Gasteiger partial charge in [-0.15, -0.1) is 11.3 Å². The normalized spacial score (nSPS) is 12.4. The van der Waals surface area contributed by atoms with Crippen molar-refractivity contribution >= 4 is 38.5 Å². The first-order valence-electron chi connectivity index (χ1n) is 17.5. The lowest BCUT2D eigenvalue weighted by atomic mass is 9.99. The van der Waals surface area contributed by atoms with Crippen molar-refractivity contribution in [1.29, 1.82) is 0 Å². The van der Waals surface area contributed by atoms with E-state index in [0.29, 0.717) is 17.5 Å². The third-order valence-corrected chi connectivity index (χ3v) is 10.8. The maximum Gasteiger partial charge on any atom is 0.164 e. The number of rotatable bonds is 6. The molecule has 0 amide bonds. The lowest BCUT2D eigenvalue weighted by Gasteiger charge is -2.14. The van der Waals surface area contributed by atoms with Crippen molar-refractivity contribution in [2.24, 2.45) is 0 Å². The average Bonchev–Trinajstić information content (AvgIpc) is 3.81. The molecule has 1 aliphatic rings. The standard InChI is InChI=1S/C46H31N5S/c1-4-13-30(14-5-1)33-23-25-41-38(28-33)37-21-10-11-22-40(37)51(41)36-20-12-19-35(27-36)46-47-39-29-34(24-26-42(39)52-46)45-49-43(31-15-6-2-7-16-31)48-44(50-45)32-17-8-3-9-18-32/h1-10,12-21,23-29H,11,22H2. The third kappa shape index (κ3) is 5.41. The van der Waals surface area contributed by atoms with Crippen molar-refractivity contribution in [3.05, 3.63) is 169 Å². The molecule has 1 aliphatic carbocycles. The molecular formula is C46H31N5S. The van der Waals surface area contributed by atoms with Gasteiger partial charge in [-0.05, 0) is 66.4 Å². The van der Waals surface area contributed by atoms with E-state index in [9.17, 15) is 0 Å². The first kappa shape index (κ1) is 30.3. The summed E-state index contributed by atoms with van der Waals surface area (Å²) >= 11 is 1.71. The van der Waals surface area contributed by atoms with Crippen molar-refractivity contribution in [1.82, 2.24) is 24.5 Å². The van der Waals surface area contributed by atoms with Crippen molar-refractivity contribution in [2.45, 2.75) is 12.8 Å². The van der Waals surface area contributed by atoms with Crippen molar-refractivity contribution in [3.63, 3.8) is 0 Å². The second kappa shape index (κ2) is 12.7. The SMILES string of the molecule is C1=Cc2c(n(-c3cccc(-c4nc5cc(-c6nc(-c7ccccc7)nc(-c7ccccc7)n6)ccc5s4)c3)c3ccc(-c4ccccc4)cc23)CC1. The maximum absolute atomic E-state index is 5.17. The monoisotopic (exact) mass is 685 g/mol. The molecule has 0 spiro atoms. The minimum absolute atomic E-state index is 0.625. The summed E-state index contributed by atoms with van der Waals surface area (Å²) in [6, 6.07) is 52.8. The summed E-state index contributed by atoms with van der Waals surface area (Å²) in [5.41, 5.74) is 12.3. The molecule has 246 valence electrons. The largest absolute Gasteiger partial charge is 0.313 e. The van der Waals surface area contributed by atoms with E-state index in [0.717, 1.165) is 56.0 Å². The Balaban J connectivity index is 1.04. The third-order valence-electron chi connectivity index (χ3n) is 9.74. The molecule has 0 bridgehead atoms. The molecule has 0 atom stereocenters. The van der Waals surface area contributed by atoms with Crippen molar-refractivity contribution in [3.8, 4) is 61.5 Å². The van der Waals surface area contributed by atoms with Crippen LogP contribution in [0, 0.1) is 0 Å². The molecule has 6 aromatic carbocycles. The first-order valence-corrected chi connectivity index (χ1v) is 18.3. The molecule has 6 heteroatoms. The van der Waals surface area contributed by atoms with Gasteiger partial charge in [0, 0.05) is 44.6 Å². The Bertz CT molecular complexity index is 2730. The Morgan fingerprint density at radius 3 is 1.85 bits per heavy atom. The van der Waals surface area contributed by atoms with Crippen LogP contribution in [-0.4, -0.2) is 24.5 Å². The number of thiazole rings is 1. The highest BCUT2D eigenvalue weighted by Gasteiger charge is 2.20. The van der Waals surface area contributed by atoms with Gasteiger partial charge in [-0.2, -0.15) is 0 Å². The molecule has 10 rings (SSSR count). The highest BCUT2D eigenvalue weighted by molar-refractivity contribution is 7.21. The molecule has 0 saturated carbocycles. The number of nitrogens with zero attached hydrogens (tertiary/aromatic N) is 5. The number of benzene rings is 6. The summed E-state index contributed by atoms with van der Waals surface area (Å²) in [5, 5.41) is 2.27. The predicted molar refractivity (Wildman–Crippen MR) is 214 cm³/mol. The first-order chi connectivity index (χ1) is 25.7. The number of aromatic nitrogens is 5. The summed E-state index contributed by atoms with van der Waals surface area (Å²) < 4.78 is 3.57. The molecular weight excluding hydrogens is 655 g/mol. The van der Waals surface area contributed by atoms with Crippen LogP contribution in [0.3, 0.4) is 0 Å². The van der Waals surface area contributed by atoms with Gasteiger partial charge >= 0.3 is 0 Å². The maximum atomic E-state index is 5.17. The second-order valence-corrected chi connectivity index (χ2v) is 14.1. The van der Waals surface area contributed by atoms with Crippen LogP contribution in [0.1, 0.15) is 17.7 Å². The summed E-state index contributed by atoms with van der Waals surface area (Å²) in [6.45, 7) is 0. The fraction of sp³-hybridized carbons (Fsp3) is 0.0435. The van der Waals surface area contributed by atoms with Crippen molar-refractivity contribution in [2.75, 3.05) is 0 Å². The number of allylic oxidation sites excluding steroid dienone is 1. The number of fused-ring (bicyclic) bond motifs is 4. The molecule has 0 unspecified atom stereocenters. The summed E-state index contributed by atoms with van der Waals surface area (Å²) in [4.78, 5) is 19.9. The quantitative estimate of drug-likeness (QED) is 0.175. The van der Waals surface area contributed by atoms with Crippen LogP contribution in [-0.2, 0) is 6.42 Å². The fourth-order valence-electron chi connectivity index (χ4n) is 7.23. The van der Waals surface area contributed by atoms with Crippen LogP contribution in [0.2, 0.25) is 0 Å². The van der Waals surface area contributed by atoms with E-state index in [2.05, 4.69) is 108 Å². The highest BCUT2D eigenvalue weighted by atomic mass is 32.1. The van der Waals surface area contributed by atoms with E-state index in [-0.39, 0.29) is 0 Å². The van der Waals surface area contributed by atoms with Crippen molar-refractivity contribution < 1.29 is 0 Å². The van der Waals surface area contributed by atoms with Crippen LogP contribution in [0.4, 0.5) is 0 Å². The molecule has 52 heavy (non-hydrogen) atoms. The minimum Gasteiger partial charge on any atom is -0.313 e. The molecule has 3 aromatic heterocycles. The predicted octanol–water partition coefficient (Wildman–Crippen LogP) is 11.7. The van der Waals surface area contributed by atoms with E-state index in [1.807, 2.05) is 60.7 Å². The molecule has 0 aliphatic heterocycles. The lowest BCUT2D eigenvalue weighted by Crippen LogP contribution is -2.03. The van der Waals surface area contributed by atoms with Gasteiger partial charge in [0.05, 0.1) is 15.7 Å². The van der Waals surface area contributed by atoms with Gasteiger partial charge in [0.25, 0.3) is 0 Å². The summed E-state index contributed by atoms with van der Waals surface area (Å²) in [5.74, 6) is 1.92. The van der Waals surface area contributed by atoms with Gasteiger partial charge < -0.3 is 4.57 Å². The zero-order valence-electron chi connectivity index (χ0n) is 28.1. The molecule has 3 heterocycles. The van der Waals surface area contributed by atoms with Gasteiger partial charge in [-0.3, -0.25) is 0 Å². The smallest absolute Gasteiger partial charge is 0.164 e. The summed E-state index contributed by atoms with van der Waals surface area (Å²) in [7, 11) is 0. The van der Waals surface area contributed by atoms with Crippen LogP contribution in [0.25, 0.3) is 88.7 Å². The molecule has 0 radical (unpaired) electrons. The van der Waals surface area contributed by atoms with E-state index >= 15 is 0 Å². The van der Waals surface area contributed by atoms with E-state index in [1.54, 1.807) is 11.3 Å². The zero-order valence-corrected chi connectivity index (χ0v) is 29.0. The lowest BCUT2D eigenvalue weighted by molar-refractivity contribution is 0.889. The number of hydrogen-bond donors (Lipinski definition) is 0. The Morgan fingerprint density at radius 2 is 1.13 bits per heavy atom. The summed E-state index contributed by atoms with van der Waals surface area (Å²) in [6.07, 6.45) is 6.65. The molecule has 0 fully saturated rings. The van der Waals surface area contributed by atoms with E-state index < -0.39 is 0 Å². The zero-order chi connectivity index (χ0) is 34.4. The fourth-order valence-corrected chi connectivity index (χ4v) is 8.17. The molecule has 0 saturated heterocycles. The second-order valence-electron chi connectivity index (χ2n) is 13.0. The highest BCUT2D eigenvalue weighted by Crippen LogP contribution is 2.38. The van der Waals surface area contributed by atoms with Gasteiger partial charge in [0.2, 0.25) is 0 Å². The molecule has 0 N–H and O–H groups in total. The Morgan fingerprint density at radius 1 is 0.500 bits per heavy atom. The van der Waals surface area contributed by atoms with Gasteiger partial charge in [-0.1, -0.05) is 121 Å². The average molecular weight is 686 g/mol. The topological polar surface area (TPSA) is 56.5 Å². The Labute approximate surface area is 305 Å².